The fourth-order valence-electron chi connectivity index (χ4n) is 1.43. The summed E-state index contributed by atoms with van der Waals surface area (Å²) in [4.78, 5) is 11.0. The average molecular weight is 292 g/mol. The van der Waals surface area contributed by atoms with Crippen LogP contribution in [0.5, 0.6) is 0 Å². The number of amides is 1. The lowest BCUT2D eigenvalue weighted by Crippen LogP contribution is -2.15. The Bertz CT molecular complexity index is 656. The van der Waals surface area contributed by atoms with Crippen LogP contribution in [0.4, 0.5) is 5.69 Å². The molecule has 1 rings (SSSR count). The standard InChI is InChI=1S/C14H16N2O3S/c1-3-5-13(6-4-2)20(18,19)16-12-9-7-11(8-10-12)14(15)17/h3-10,16H,1H2,2H3,(H2,15,17)/b6-4-,13-5+. The molecule has 5 nitrogen and oxygen atoms in total. The number of allylic oxidation sites excluding steroid dienone is 4. The van der Waals surface area contributed by atoms with Gasteiger partial charge in [0.1, 0.15) is 0 Å². The third kappa shape index (κ3) is 4.10. The molecule has 6 heteroatoms. The van der Waals surface area contributed by atoms with Crippen molar-refractivity contribution in [2.45, 2.75) is 6.92 Å². The molecule has 1 amide bonds. The Balaban J connectivity index is 3.04. The van der Waals surface area contributed by atoms with Gasteiger partial charge in [0.25, 0.3) is 10.0 Å². The van der Waals surface area contributed by atoms with E-state index in [9.17, 15) is 13.2 Å². The minimum atomic E-state index is -3.70. The van der Waals surface area contributed by atoms with Gasteiger partial charge in [-0.15, -0.1) is 0 Å². The number of hydrogen-bond donors (Lipinski definition) is 2. The summed E-state index contributed by atoms with van der Waals surface area (Å²) in [5.41, 5.74) is 5.76. The zero-order valence-electron chi connectivity index (χ0n) is 11.0. The predicted molar refractivity (Wildman–Crippen MR) is 80.6 cm³/mol. The Kier molecular flexibility index (Phi) is 5.28. The zero-order valence-corrected chi connectivity index (χ0v) is 11.9. The third-order valence-electron chi connectivity index (χ3n) is 2.34. The molecule has 106 valence electrons. The monoisotopic (exact) mass is 292 g/mol. The van der Waals surface area contributed by atoms with E-state index in [0.717, 1.165) is 0 Å². The maximum Gasteiger partial charge on any atom is 0.261 e. The van der Waals surface area contributed by atoms with Crippen molar-refractivity contribution in [1.29, 1.82) is 0 Å². The Labute approximate surface area is 118 Å². The maximum atomic E-state index is 12.1. The van der Waals surface area contributed by atoms with Crippen LogP contribution in [-0.4, -0.2) is 14.3 Å². The number of anilines is 1. The third-order valence-corrected chi connectivity index (χ3v) is 3.74. The van der Waals surface area contributed by atoms with E-state index in [1.807, 2.05) is 0 Å². The SMILES string of the molecule is C=C/C=C(\C=C/C)S(=O)(=O)Nc1ccc(C(N)=O)cc1. The zero-order chi connectivity index (χ0) is 15.2. The molecule has 0 bridgehead atoms. The number of primary amides is 1. The second-order valence-electron chi connectivity index (χ2n) is 3.85. The molecule has 20 heavy (non-hydrogen) atoms. The summed E-state index contributed by atoms with van der Waals surface area (Å²) in [6, 6.07) is 5.84. The van der Waals surface area contributed by atoms with Crippen molar-refractivity contribution in [3.63, 3.8) is 0 Å². The number of hydrogen-bond acceptors (Lipinski definition) is 3. The van der Waals surface area contributed by atoms with Crippen LogP contribution in [0, 0.1) is 0 Å². The average Bonchev–Trinajstić information content (AvgIpc) is 2.38. The summed E-state index contributed by atoms with van der Waals surface area (Å²) in [7, 11) is -3.70. The summed E-state index contributed by atoms with van der Waals surface area (Å²) in [6.07, 6.45) is 5.86. The normalized spacial score (nSPS) is 12.3. The molecule has 0 aliphatic carbocycles. The van der Waals surface area contributed by atoms with Gasteiger partial charge in [-0.2, -0.15) is 0 Å². The lowest BCUT2D eigenvalue weighted by molar-refractivity contribution is 0.100. The van der Waals surface area contributed by atoms with Gasteiger partial charge in [-0.05, 0) is 43.3 Å². The summed E-state index contributed by atoms with van der Waals surface area (Å²) in [5.74, 6) is -0.569. The van der Waals surface area contributed by atoms with Crippen molar-refractivity contribution >= 4 is 21.6 Å². The molecule has 0 unspecified atom stereocenters. The Morgan fingerprint density at radius 2 is 1.90 bits per heavy atom. The number of carbonyl (C=O) groups is 1. The second kappa shape index (κ2) is 6.72. The molecule has 1 aromatic carbocycles. The van der Waals surface area contributed by atoms with E-state index in [1.165, 1.54) is 42.5 Å². The first-order chi connectivity index (χ1) is 9.40. The molecule has 3 N–H and O–H groups in total. The first-order valence-electron chi connectivity index (χ1n) is 5.79. The summed E-state index contributed by atoms with van der Waals surface area (Å²) < 4.78 is 26.7. The molecule has 0 aliphatic heterocycles. The van der Waals surface area contributed by atoms with E-state index in [0.29, 0.717) is 11.3 Å². The number of nitrogens with two attached hydrogens (primary N) is 1. The second-order valence-corrected chi connectivity index (χ2v) is 5.53. The number of benzene rings is 1. The lowest BCUT2D eigenvalue weighted by Gasteiger charge is -2.08. The molecule has 0 aliphatic rings. The molecular formula is C14H16N2O3S. The van der Waals surface area contributed by atoms with Crippen molar-refractivity contribution in [2.75, 3.05) is 4.72 Å². The molecule has 0 heterocycles. The Morgan fingerprint density at radius 1 is 1.30 bits per heavy atom. The van der Waals surface area contributed by atoms with Gasteiger partial charge in [0, 0.05) is 11.3 Å². The van der Waals surface area contributed by atoms with Crippen LogP contribution in [0.25, 0.3) is 0 Å². The van der Waals surface area contributed by atoms with Crippen LogP contribution in [0.15, 0.2) is 60.1 Å². The van der Waals surface area contributed by atoms with Gasteiger partial charge in [0.2, 0.25) is 5.91 Å². The van der Waals surface area contributed by atoms with E-state index in [1.54, 1.807) is 13.0 Å². The van der Waals surface area contributed by atoms with Gasteiger partial charge < -0.3 is 5.73 Å². The topological polar surface area (TPSA) is 89.3 Å². The minimum absolute atomic E-state index is 0.0916. The smallest absolute Gasteiger partial charge is 0.261 e. The fraction of sp³-hybridized carbons (Fsp3) is 0.0714. The summed E-state index contributed by atoms with van der Waals surface area (Å²) in [5, 5.41) is 0. The maximum absolute atomic E-state index is 12.1. The van der Waals surface area contributed by atoms with Crippen LogP contribution in [0.2, 0.25) is 0 Å². The van der Waals surface area contributed by atoms with E-state index in [2.05, 4.69) is 11.3 Å². The highest BCUT2D eigenvalue weighted by molar-refractivity contribution is 7.96. The van der Waals surface area contributed by atoms with Gasteiger partial charge in [-0.1, -0.05) is 18.7 Å². The van der Waals surface area contributed by atoms with E-state index in [4.69, 9.17) is 5.73 Å². The van der Waals surface area contributed by atoms with Crippen molar-refractivity contribution in [3.05, 3.63) is 65.6 Å². The van der Waals surface area contributed by atoms with Crippen molar-refractivity contribution in [2.24, 2.45) is 5.73 Å². The van der Waals surface area contributed by atoms with Crippen LogP contribution in [-0.2, 0) is 10.0 Å². The van der Waals surface area contributed by atoms with Crippen LogP contribution < -0.4 is 10.5 Å². The highest BCUT2D eigenvalue weighted by Crippen LogP contribution is 2.16. The van der Waals surface area contributed by atoms with E-state index >= 15 is 0 Å². The van der Waals surface area contributed by atoms with Crippen molar-refractivity contribution in [3.8, 4) is 0 Å². The minimum Gasteiger partial charge on any atom is -0.366 e. The van der Waals surface area contributed by atoms with Crippen LogP contribution >= 0.6 is 0 Å². The molecule has 0 fully saturated rings. The number of carbonyl (C=O) groups excluding carboxylic acids is 1. The van der Waals surface area contributed by atoms with Crippen molar-refractivity contribution in [1.82, 2.24) is 0 Å². The lowest BCUT2D eigenvalue weighted by atomic mass is 10.2. The molecule has 0 atom stereocenters. The highest BCUT2D eigenvalue weighted by atomic mass is 32.2. The summed E-state index contributed by atoms with van der Waals surface area (Å²) in [6.45, 7) is 5.20. The number of nitrogens with one attached hydrogen (secondary N) is 1. The first kappa shape index (κ1) is 15.7. The van der Waals surface area contributed by atoms with Crippen molar-refractivity contribution < 1.29 is 13.2 Å². The fourth-order valence-corrected chi connectivity index (χ4v) is 2.59. The van der Waals surface area contributed by atoms with Gasteiger partial charge >= 0.3 is 0 Å². The van der Waals surface area contributed by atoms with E-state index < -0.39 is 15.9 Å². The molecule has 0 radical (unpaired) electrons. The molecule has 0 saturated carbocycles. The van der Waals surface area contributed by atoms with Crippen LogP contribution in [0.3, 0.4) is 0 Å². The molecule has 0 saturated heterocycles. The van der Waals surface area contributed by atoms with Crippen LogP contribution in [0.1, 0.15) is 17.3 Å². The van der Waals surface area contributed by atoms with Gasteiger partial charge in [0.15, 0.2) is 0 Å². The quantitative estimate of drug-likeness (QED) is 0.787. The largest absolute Gasteiger partial charge is 0.366 e. The van der Waals surface area contributed by atoms with Gasteiger partial charge in [0.05, 0.1) is 4.91 Å². The first-order valence-corrected chi connectivity index (χ1v) is 7.27. The summed E-state index contributed by atoms with van der Waals surface area (Å²) >= 11 is 0. The Morgan fingerprint density at radius 3 is 2.35 bits per heavy atom. The Hall–Kier alpha value is -2.34. The van der Waals surface area contributed by atoms with Gasteiger partial charge in [-0.3, -0.25) is 9.52 Å². The predicted octanol–water partition coefficient (Wildman–Crippen LogP) is 2.17. The number of rotatable bonds is 6. The van der Waals surface area contributed by atoms with E-state index in [-0.39, 0.29) is 4.91 Å². The highest BCUT2D eigenvalue weighted by Gasteiger charge is 2.14. The molecule has 0 spiro atoms. The van der Waals surface area contributed by atoms with Gasteiger partial charge in [-0.25, -0.2) is 8.42 Å². The molecule has 0 aromatic heterocycles. The molecule has 1 aromatic rings. The molecular weight excluding hydrogens is 276 g/mol. The number of sulfonamides is 1.